The third kappa shape index (κ3) is 5.17. The second kappa shape index (κ2) is 7.27. The molecule has 5 nitrogen and oxygen atoms in total. The highest BCUT2D eigenvalue weighted by atomic mass is 16.7. The summed E-state index contributed by atoms with van der Waals surface area (Å²) in [6.07, 6.45) is 4.83. The smallest absolute Gasteiger partial charge is 0.338 e. The molecule has 0 bridgehead atoms. The molecule has 0 saturated carbocycles. The first kappa shape index (κ1) is 14.0. The molecule has 0 aliphatic carbocycles. The fraction of sp³-hybridized carbons (Fsp3) is 0.833. The van der Waals surface area contributed by atoms with Crippen LogP contribution in [-0.2, 0) is 19.1 Å². The summed E-state index contributed by atoms with van der Waals surface area (Å²) in [5.41, 5.74) is 0. The van der Waals surface area contributed by atoms with Gasteiger partial charge in [-0.2, -0.15) is 0 Å². The monoisotopic (exact) mass is 244 g/mol. The minimum atomic E-state index is -1.11. The molecule has 0 aromatic carbocycles. The lowest BCUT2D eigenvalue weighted by Crippen LogP contribution is -2.18. The van der Waals surface area contributed by atoms with Crippen molar-refractivity contribution in [2.45, 2.75) is 57.7 Å². The molecule has 0 spiro atoms. The Kier molecular flexibility index (Phi) is 5.97. The van der Waals surface area contributed by atoms with E-state index in [0.29, 0.717) is 6.61 Å². The highest BCUT2D eigenvalue weighted by Crippen LogP contribution is 2.23. The topological polar surface area (TPSA) is 76.1 Å². The van der Waals surface area contributed by atoms with E-state index in [0.717, 1.165) is 19.3 Å². The van der Waals surface area contributed by atoms with E-state index in [1.807, 2.05) is 0 Å². The van der Waals surface area contributed by atoms with Crippen LogP contribution in [0.1, 0.15) is 45.4 Å². The van der Waals surface area contributed by atoms with Gasteiger partial charge >= 0.3 is 11.9 Å². The average Bonchev–Trinajstić information content (AvgIpc) is 3.07. The molecule has 1 rings (SSSR count). The molecule has 17 heavy (non-hydrogen) atoms. The Bertz CT molecular complexity index is 264. The fourth-order valence-electron chi connectivity index (χ4n) is 1.62. The molecule has 0 aromatic rings. The van der Waals surface area contributed by atoms with Crippen molar-refractivity contribution >= 4 is 11.9 Å². The average molecular weight is 244 g/mol. The maximum atomic E-state index is 11.2. The molecule has 0 amide bonds. The summed E-state index contributed by atoms with van der Waals surface area (Å²) in [6.45, 7) is 2.52. The molecule has 0 radical (unpaired) electrons. The number of carboxylic acid groups (broad SMARTS) is 1. The van der Waals surface area contributed by atoms with Crippen LogP contribution in [0.2, 0.25) is 0 Å². The van der Waals surface area contributed by atoms with Crippen LogP contribution in [0, 0.1) is 0 Å². The molecule has 0 unspecified atom stereocenters. The Morgan fingerprint density at radius 1 is 1.12 bits per heavy atom. The van der Waals surface area contributed by atoms with Crippen LogP contribution in [0.25, 0.3) is 0 Å². The number of epoxide rings is 1. The maximum absolute atomic E-state index is 11.2. The summed E-state index contributed by atoms with van der Waals surface area (Å²) >= 11 is 0. The minimum Gasteiger partial charge on any atom is -0.479 e. The number of rotatable bonds is 9. The van der Waals surface area contributed by atoms with Gasteiger partial charge in [0.1, 0.15) is 0 Å². The van der Waals surface area contributed by atoms with Crippen molar-refractivity contribution in [2.24, 2.45) is 0 Å². The van der Waals surface area contributed by atoms with Crippen molar-refractivity contribution in [3.8, 4) is 0 Å². The molecule has 1 N–H and O–H groups in total. The normalized spacial score (nSPS) is 22.2. The van der Waals surface area contributed by atoms with Gasteiger partial charge in [-0.25, -0.2) is 9.59 Å². The molecule has 1 fully saturated rings. The van der Waals surface area contributed by atoms with E-state index in [1.165, 1.54) is 19.3 Å². The van der Waals surface area contributed by atoms with Gasteiger partial charge in [0.15, 0.2) is 12.2 Å². The van der Waals surface area contributed by atoms with Gasteiger partial charge in [0.2, 0.25) is 0 Å². The van der Waals surface area contributed by atoms with E-state index in [9.17, 15) is 9.59 Å². The SMILES string of the molecule is CCCCCCCCOC(=O)[C@@H]1O[C@@H]1C(=O)O. The summed E-state index contributed by atoms with van der Waals surface area (Å²) in [4.78, 5) is 21.7. The van der Waals surface area contributed by atoms with E-state index in [4.69, 9.17) is 9.84 Å². The lowest BCUT2D eigenvalue weighted by Gasteiger charge is -2.02. The summed E-state index contributed by atoms with van der Waals surface area (Å²) in [5.74, 6) is -1.66. The van der Waals surface area contributed by atoms with Crippen LogP contribution < -0.4 is 0 Å². The van der Waals surface area contributed by atoms with Gasteiger partial charge in [0.25, 0.3) is 0 Å². The van der Waals surface area contributed by atoms with Crippen molar-refractivity contribution in [3.05, 3.63) is 0 Å². The van der Waals surface area contributed by atoms with Gasteiger partial charge < -0.3 is 14.6 Å². The first-order valence-corrected chi connectivity index (χ1v) is 6.21. The largest absolute Gasteiger partial charge is 0.479 e. The van der Waals surface area contributed by atoms with Crippen LogP contribution in [0.15, 0.2) is 0 Å². The van der Waals surface area contributed by atoms with Crippen molar-refractivity contribution in [1.82, 2.24) is 0 Å². The standard InChI is InChI=1S/C12H20O5/c1-2-3-4-5-6-7-8-16-12(15)10-9(17-10)11(13)14/h9-10H,2-8H2,1H3,(H,13,14)/t9-,10+/m0/s1. The molecule has 1 heterocycles. The lowest BCUT2D eigenvalue weighted by molar-refractivity contribution is -0.146. The van der Waals surface area contributed by atoms with Crippen LogP contribution >= 0.6 is 0 Å². The van der Waals surface area contributed by atoms with Crippen molar-refractivity contribution in [2.75, 3.05) is 6.61 Å². The van der Waals surface area contributed by atoms with Gasteiger partial charge in [0, 0.05) is 0 Å². The molecular formula is C12H20O5. The van der Waals surface area contributed by atoms with Crippen LogP contribution in [0.5, 0.6) is 0 Å². The molecule has 0 aromatic heterocycles. The number of unbranched alkanes of at least 4 members (excludes halogenated alkanes) is 5. The predicted octanol–water partition coefficient (Wildman–Crippen LogP) is 1.74. The van der Waals surface area contributed by atoms with Gasteiger partial charge in [0.05, 0.1) is 6.61 Å². The third-order valence-corrected chi connectivity index (χ3v) is 2.71. The zero-order valence-corrected chi connectivity index (χ0v) is 10.2. The fourth-order valence-corrected chi connectivity index (χ4v) is 1.62. The summed E-state index contributed by atoms with van der Waals surface area (Å²) in [6, 6.07) is 0. The maximum Gasteiger partial charge on any atom is 0.338 e. The quantitative estimate of drug-likeness (QED) is 0.380. The second-order valence-electron chi connectivity index (χ2n) is 4.25. The zero-order chi connectivity index (χ0) is 12.7. The number of esters is 1. The Morgan fingerprint density at radius 3 is 2.35 bits per heavy atom. The van der Waals surface area contributed by atoms with Gasteiger partial charge in [-0.15, -0.1) is 0 Å². The lowest BCUT2D eigenvalue weighted by atomic mass is 10.1. The number of hydrogen-bond donors (Lipinski definition) is 1. The molecule has 5 heteroatoms. The Labute approximate surface area is 101 Å². The van der Waals surface area contributed by atoms with Gasteiger partial charge in [-0.05, 0) is 6.42 Å². The predicted molar refractivity (Wildman–Crippen MR) is 60.6 cm³/mol. The van der Waals surface area contributed by atoms with Crippen LogP contribution in [-0.4, -0.2) is 35.9 Å². The van der Waals surface area contributed by atoms with Crippen molar-refractivity contribution < 1.29 is 24.2 Å². The van der Waals surface area contributed by atoms with E-state index >= 15 is 0 Å². The summed E-state index contributed by atoms with van der Waals surface area (Å²) < 4.78 is 9.60. The second-order valence-corrected chi connectivity index (χ2v) is 4.25. The molecule has 1 aliphatic heterocycles. The Balaban J connectivity index is 1.93. The highest BCUT2D eigenvalue weighted by molar-refractivity contribution is 5.88. The van der Waals surface area contributed by atoms with Crippen molar-refractivity contribution in [1.29, 1.82) is 0 Å². The number of carbonyl (C=O) groups excluding carboxylic acids is 1. The van der Waals surface area contributed by atoms with Gasteiger partial charge in [-0.1, -0.05) is 39.0 Å². The minimum absolute atomic E-state index is 0.358. The molecule has 2 atom stereocenters. The molecule has 1 aliphatic rings. The third-order valence-electron chi connectivity index (χ3n) is 2.71. The Hall–Kier alpha value is -1.10. The number of carbonyl (C=O) groups is 2. The first-order chi connectivity index (χ1) is 8.16. The number of carboxylic acids is 1. The Morgan fingerprint density at radius 2 is 1.76 bits per heavy atom. The number of aliphatic carboxylic acids is 1. The number of hydrogen-bond acceptors (Lipinski definition) is 4. The number of ether oxygens (including phenoxy) is 2. The van der Waals surface area contributed by atoms with Crippen molar-refractivity contribution in [3.63, 3.8) is 0 Å². The molecule has 1 saturated heterocycles. The summed E-state index contributed by atoms with van der Waals surface area (Å²) in [5, 5.41) is 8.53. The highest BCUT2D eigenvalue weighted by Gasteiger charge is 2.51. The molecular weight excluding hydrogens is 224 g/mol. The van der Waals surface area contributed by atoms with Crippen LogP contribution in [0.3, 0.4) is 0 Å². The first-order valence-electron chi connectivity index (χ1n) is 6.21. The molecule has 98 valence electrons. The van der Waals surface area contributed by atoms with E-state index in [1.54, 1.807) is 0 Å². The van der Waals surface area contributed by atoms with E-state index < -0.39 is 24.1 Å². The van der Waals surface area contributed by atoms with E-state index in [-0.39, 0.29) is 0 Å². The van der Waals surface area contributed by atoms with Gasteiger partial charge in [-0.3, -0.25) is 0 Å². The zero-order valence-electron chi connectivity index (χ0n) is 10.2. The van der Waals surface area contributed by atoms with E-state index in [2.05, 4.69) is 11.7 Å². The summed E-state index contributed by atoms with van der Waals surface area (Å²) in [7, 11) is 0. The van der Waals surface area contributed by atoms with Crippen LogP contribution in [0.4, 0.5) is 0 Å².